The monoisotopic (exact) mass is 214 g/mol. The lowest BCUT2D eigenvalue weighted by molar-refractivity contribution is 0.379. The average molecular weight is 214 g/mol. The van der Waals surface area contributed by atoms with Gasteiger partial charge in [0, 0.05) is 5.56 Å². The van der Waals surface area contributed by atoms with Crippen molar-refractivity contribution in [2.24, 2.45) is 0 Å². The van der Waals surface area contributed by atoms with Crippen molar-refractivity contribution < 1.29 is 0 Å². The fraction of sp³-hybridized carbons (Fsp3) is 0.333. The SMILES string of the molecule is c1ccc(-c2cnn([C@H]3CCCN3)n2)cc1. The van der Waals surface area contributed by atoms with Crippen molar-refractivity contribution >= 4 is 0 Å². The molecule has 2 aromatic rings. The Morgan fingerprint density at radius 3 is 2.88 bits per heavy atom. The first-order valence-corrected chi connectivity index (χ1v) is 5.64. The molecule has 1 atom stereocenters. The Hall–Kier alpha value is -1.68. The second-order valence-corrected chi connectivity index (χ2v) is 4.03. The first kappa shape index (κ1) is 9.54. The predicted molar refractivity (Wildman–Crippen MR) is 61.7 cm³/mol. The van der Waals surface area contributed by atoms with Gasteiger partial charge in [-0.05, 0) is 19.4 Å². The van der Waals surface area contributed by atoms with Crippen molar-refractivity contribution in [2.75, 3.05) is 6.54 Å². The summed E-state index contributed by atoms with van der Waals surface area (Å²) in [5.41, 5.74) is 2.06. The summed E-state index contributed by atoms with van der Waals surface area (Å²) in [5.74, 6) is 0. The lowest BCUT2D eigenvalue weighted by atomic mass is 10.2. The Labute approximate surface area is 94.3 Å². The highest BCUT2D eigenvalue weighted by Crippen LogP contribution is 2.18. The maximum Gasteiger partial charge on any atom is 0.121 e. The van der Waals surface area contributed by atoms with Crippen molar-refractivity contribution in [1.29, 1.82) is 0 Å². The summed E-state index contributed by atoms with van der Waals surface area (Å²) < 4.78 is 0. The van der Waals surface area contributed by atoms with E-state index in [9.17, 15) is 0 Å². The first-order chi connectivity index (χ1) is 7.93. The summed E-state index contributed by atoms with van der Waals surface area (Å²) in [7, 11) is 0. The van der Waals surface area contributed by atoms with Gasteiger partial charge in [-0.2, -0.15) is 15.0 Å². The Kier molecular flexibility index (Phi) is 2.42. The summed E-state index contributed by atoms with van der Waals surface area (Å²) in [5, 5.41) is 12.2. The minimum atomic E-state index is 0.275. The Balaban J connectivity index is 1.87. The maximum atomic E-state index is 4.51. The number of rotatable bonds is 2. The Bertz CT molecular complexity index is 457. The van der Waals surface area contributed by atoms with Crippen LogP contribution in [-0.2, 0) is 0 Å². The lowest BCUT2D eigenvalue weighted by Crippen LogP contribution is -2.21. The topological polar surface area (TPSA) is 42.7 Å². The molecule has 0 aliphatic carbocycles. The van der Waals surface area contributed by atoms with E-state index in [2.05, 4.69) is 27.6 Å². The highest BCUT2D eigenvalue weighted by atomic mass is 15.5. The molecule has 0 bridgehead atoms. The zero-order valence-corrected chi connectivity index (χ0v) is 9.00. The van der Waals surface area contributed by atoms with Gasteiger partial charge in [-0.15, -0.1) is 0 Å². The van der Waals surface area contributed by atoms with Gasteiger partial charge in [0.05, 0.1) is 6.20 Å². The van der Waals surface area contributed by atoms with Crippen LogP contribution in [-0.4, -0.2) is 21.5 Å². The van der Waals surface area contributed by atoms with Crippen molar-refractivity contribution in [2.45, 2.75) is 19.0 Å². The van der Waals surface area contributed by atoms with E-state index >= 15 is 0 Å². The molecule has 16 heavy (non-hydrogen) atoms. The molecule has 1 N–H and O–H groups in total. The van der Waals surface area contributed by atoms with Crippen LogP contribution in [0.5, 0.6) is 0 Å². The number of nitrogens with one attached hydrogen (secondary N) is 1. The number of hydrogen-bond acceptors (Lipinski definition) is 3. The molecule has 1 aromatic carbocycles. The summed E-state index contributed by atoms with van der Waals surface area (Å²) in [6.45, 7) is 1.06. The molecule has 1 fully saturated rings. The van der Waals surface area contributed by atoms with Gasteiger partial charge in [0.25, 0.3) is 0 Å². The van der Waals surface area contributed by atoms with Gasteiger partial charge < -0.3 is 0 Å². The third-order valence-electron chi connectivity index (χ3n) is 2.89. The van der Waals surface area contributed by atoms with Crippen LogP contribution in [0.15, 0.2) is 36.5 Å². The second kappa shape index (κ2) is 4.06. The number of hydrogen-bond donors (Lipinski definition) is 1. The first-order valence-electron chi connectivity index (χ1n) is 5.64. The van der Waals surface area contributed by atoms with Gasteiger partial charge in [0.15, 0.2) is 0 Å². The van der Waals surface area contributed by atoms with Crippen molar-refractivity contribution in [3.8, 4) is 11.3 Å². The average Bonchev–Trinajstić information content (AvgIpc) is 3.01. The number of nitrogens with zero attached hydrogens (tertiary/aromatic N) is 3. The Morgan fingerprint density at radius 2 is 2.12 bits per heavy atom. The van der Waals surface area contributed by atoms with Gasteiger partial charge >= 0.3 is 0 Å². The van der Waals surface area contributed by atoms with E-state index in [0.717, 1.165) is 24.2 Å². The molecule has 0 saturated carbocycles. The summed E-state index contributed by atoms with van der Waals surface area (Å²) in [6.07, 6.45) is 4.42. The molecule has 2 heterocycles. The van der Waals surface area contributed by atoms with E-state index in [1.165, 1.54) is 6.42 Å². The van der Waals surface area contributed by atoms with Gasteiger partial charge in [-0.25, -0.2) is 0 Å². The summed E-state index contributed by atoms with van der Waals surface area (Å²) in [6, 6.07) is 10.1. The number of aromatic nitrogens is 3. The van der Waals surface area contributed by atoms with Crippen LogP contribution in [0.25, 0.3) is 11.3 Å². The van der Waals surface area contributed by atoms with Crippen LogP contribution in [0.2, 0.25) is 0 Å². The van der Waals surface area contributed by atoms with Crippen LogP contribution < -0.4 is 5.32 Å². The molecule has 1 aromatic heterocycles. The molecule has 0 amide bonds. The smallest absolute Gasteiger partial charge is 0.121 e. The fourth-order valence-electron chi connectivity index (χ4n) is 2.03. The molecule has 4 nitrogen and oxygen atoms in total. The molecule has 1 aliphatic rings. The normalized spacial score (nSPS) is 20.1. The van der Waals surface area contributed by atoms with Crippen LogP contribution in [0.1, 0.15) is 19.0 Å². The van der Waals surface area contributed by atoms with Crippen molar-refractivity contribution in [1.82, 2.24) is 20.3 Å². The molecule has 4 heteroatoms. The molecule has 3 rings (SSSR count). The van der Waals surface area contributed by atoms with E-state index in [1.54, 1.807) is 4.80 Å². The van der Waals surface area contributed by atoms with E-state index < -0.39 is 0 Å². The highest BCUT2D eigenvalue weighted by Gasteiger charge is 2.17. The van der Waals surface area contributed by atoms with Crippen LogP contribution in [0.3, 0.4) is 0 Å². The van der Waals surface area contributed by atoms with E-state index in [0.29, 0.717) is 0 Å². The van der Waals surface area contributed by atoms with E-state index in [4.69, 9.17) is 0 Å². The molecular weight excluding hydrogens is 200 g/mol. The molecule has 1 aliphatic heterocycles. The molecule has 82 valence electrons. The van der Waals surface area contributed by atoms with Gasteiger partial charge in [0.2, 0.25) is 0 Å². The largest absolute Gasteiger partial charge is 0.294 e. The van der Waals surface area contributed by atoms with Gasteiger partial charge in [-0.3, -0.25) is 5.32 Å². The van der Waals surface area contributed by atoms with Crippen molar-refractivity contribution in [3.05, 3.63) is 36.5 Å². The summed E-state index contributed by atoms with van der Waals surface area (Å²) >= 11 is 0. The number of benzene rings is 1. The third kappa shape index (κ3) is 1.72. The molecule has 0 unspecified atom stereocenters. The minimum absolute atomic E-state index is 0.275. The highest BCUT2D eigenvalue weighted by molar-refractivity contribution is 5.56. The fourth-order valence-corrected chi connectivity index (χ4v) is 2.03. The van der Waals surface area contributed by atoms with Crippen molar-refractivity contribution in [3.63, 3.8) is 0 Å². The third-order valence-corrected chi connectivity index (χ3v) is 2.89. The molecule has 0 radical (unpaired) electrons. The van der Waals surface area contributed by atoms with Gasteiger partial charge in [0.1, 0.15) is 11.9 Å². The van der Waals surface area contributed by atoms with E-state index in [1.807, 2.05) is 24.4 Å². The zero-order valence-electron chi connectivity index (χ0n) is 9.00. The van der Waals surface area contributed by atoms with Crippen LogP contribution in [0.4, 0.5) is 0 Å². The van der Waals surface area contributed by atoms with Crippen LogP contribution in [0, 0.1) is 0 Å². The maximum absolute atomic E-state index is 4.51. The van der Waals surface area contributed by atoms with Gasteiger partial charge in [-0.1, -0.05) is 30.3 Å². The molecule has 1 saturated heterocycles. The standard InChI is InChI=1S/C12H14N4/c1-2-5-10(6-3-1)11-9-14-16(15-11)12-7-4-8-13-12/h1-3,5-6,9,12-13H,4,7-8H2/t12-/m0/s1. The predicted octanol–water partition coefficient (Wildman–Crippen LogP) is 1.83. The zero-order chi connectivity index (χ0) is 10.8. The lowest BCUT2D eigenvalue weighted by Gasteiger charge is -2.07. The Morgan fingerprint density at radius 1 is 1.25 bits per heavy atom. The summed E-state index contributed by atoms with van der Waals surface area (Å²) in [4.78, 5) is 1.79. The minimum Gasteiger partial charge on any atom is -0.294 e. The van der Waals surface area contributed by atoms with E-state index in [-0.39, 0.29) is 6.17 Å². The molecular formula is C12H14N4. The van der Waals surface area contributed by atoms with Crippen LogP contribution >= 0.6 is 0 Å². The second-order valence-electron chi connectivity index (χ2n) is 4.03. The quantitative estimate of drug-likeness (QED) is 0.829. The molecule has 0 spiro atoms.